The summed E-state index contributed by atoms with van der Waals surface area (Å²) < 4.78 is 30.2. The van der Waals surface area contributed by atoms with E-state index in [2.05, 4.69) is 20.4 Å². The molecule has 3 N–H and O–H groups in total. The van der Waals surface area contributed by atoms with Crippen molar-refractivity contribution in [2.45, 2.75) is 0 Å². The second-order valence-electron chi connectivity index (χ2n) is 10.5. The molecule has 0 saturated carbocycles. The van der Waals surface area contributed by atoms with Gasteiger partial charge < -0.3 is 20.2 Å². The average molecular weight is 617 g/mol. The normalized spacial score (nSPS) is 11.2. The Bertz CT molecular complexity index is 2300. The average Bonchev–Trinajstić information content (AvgIpc) is 3.73. The summed E-state index contributed by atoms with van der Waals surface area (Å²) in [6, 6.07) is 19.4. The molecule has 4 aromatic heterocycles. The van der Waals surface area contributed by atoms with E-state index in [-0.39, 0.29) is 11.4 Å². The van der Waals surface area contributed by atoms with E-state index in [1.54, 1.807) is 48.3 Å². The zero-order valence-electron chi connectivity index (χ0n) is 24.5. The number of carbonyl (C=O) groups is 1. The number of ether oxygens (including phenoxy) is 1. The van der Waals surface area contributed by atoms with Gasteiger partial charge in [0.15, 0.2) is 0 Å². The highest BCUT2D eigenvalue weighted by molar-refractivity contribution is 6.04. The van der Waals surface area contributed by atoms with E-state index in [9.17, 15) is 14.0 Å². The molecule has 46 heavy (non-hydrogen) atoms. The SMILES string of the molecule is Cn1cc(-c2oc3ncnc(Oc4ccc(NC(=O)c5cn(C)n(-c6ccc(F)cc6)c5=O)cc4)c3c2-c2cccc(N)c2)cn1. The van der Waals surface area contributed by atoms with Crippen molar-refractivity contribution >= 4 is 28.4 Å². The number of amides is 1. The quantitative estimate of drug-likeness (QED) is 0.222. The largest absolute Gasteiger partial charge is 0.438 e. The zero-order valence-corrected chi connectivity index (χ0v) is 24.5. The summed E-state index contributed by atoms with van der Waals surface area (Å²) in [6.07, 6.45) is 6.30. The minimum absolute atomic E-state index is 0.0750. The molecular weight excluding hydrogens is 591 g/mol. The number of benzene rings is 3. The van der Waals surface area contributed by atoms with Crippen molar-refractivity contribution in [2.75, 3.05) is 11.1 Å². The molecule has 0 aliphatic rings. The van der Waals surface area contributed by atoms with Crippen LogP contribution in [0.4, 0.5) is 15.8 Å². The second-order valence-corrected chi connectivity index (χ2v) is 10.5. The van der Waals surface area contributed by atoms with Crippen molar-refractivity contribution in [3.05, 3.63) is 119 Å². The molecule has 7 rings (SSSR count). The van der Waals surface area contributed by atoms with E-state index in [1.807, 2.05) is 31.4 Å². The van der Waals surface area contributed by atoms with Crippen molar-refractivity contribution < 1.29 is 18.3 Å². The predicted octanol–water partition coefficient (Wildman–Crippen LogP) is 5.55. The second kappa shape index (κ2) is 11.2. The van der Waals surface area contributed by atoms with E-state index in [1.165, 1.54) is 46.2 Å². The Kier molecular flexibility index (Phi) is 6.89. The Morgan fingerprint density at radius 2 is 1.76 bits per heavy atom. The summed E-state index contributed by atoms with van der Waals surface area (Å²) in [6.45, 7) is 0. The van der Waals surface area contributed by atoms with Gasteiger partial charge in [0.2, 0.25) is 11.6 Å². The molecule has 0 atom stereocenters. The van der Waals surface area contributed by atoms with E-state index >= 15 is 0 Å². The third-order valence-corrected chi connectivity index (χ3v) is 7.29. The number of fused-ring (bicyclic) bond motifs is 1. The molecule has 0 spiro atoms. The molecule has 7 aromatic rings. The first-order valence-electron chi connectivity index (χ1n) is 14.0. The van der Waals surface area contributed by atoms with Crippen LogP contribution in [-0.4, -0.2) is 35.0 Å². The number of anilines is 2. The lowest BCUT2D eigenvalue weighted by Gasteiger charge is -2.09. The van der Waals surface area contributed by atoms with Gasteiger partial charge in [0.25, 0.3) is 11.5 Å². The van der Waals surface area contributed by atoms with Gasteiger partial charge in [-0.1, -0.05) is 12.1 Å². The summed E-state index contributed by atoms with van der Waals surface area (Å²) >= 11 is 0. The lowest BCUT2D eigenvalue weighted by Crippen LogP contribution is -2.25. The van der Waals surface area contributed by atoms with Crippen LogP contribution in [0.25, 0.3) is 39.2 Å². The van der Waals surface area contributed by atoms with E-state index in [0.717, 1.165) is 11.1 Å². The summed E-state index contributed by atoms with van der Waals surface area (Å²) in [4.78, 5) is 34.9. The number of hydrogen-bond acceptors (Lipinski definition) is 8. The van der Waals surface area contributed by atoms with E-state index < -0.39 is 17.3 Å². The number of hydrogen-bond donors (Lipinski definition) is 2. The molecular formula is C33H25FN8O4. The first kappa shape index (κ1) is 28.3. The third kappa shape index (κ3) is 5.15. The monoisotopic (exact) mass is 616 g/mol. The maximum absolute atomic E-state index is 13.4. The van der Waals surface area contributed by atoms with Gasteiger partial charge in [-0.3, -0.25) is 19.0 Å². The van der Waals surface area contributed by atoms with Gasteiger partial charge in [-0.25, -0.2) is 19.0 Å². The fourth-order valence-corrected chi connectivity index (χ4v) is 5.21. The van der Waals surface area contributed by atoms with Crippen molar-refractivity contribution in [3.8, 4) is 39.8 Å². The molecule has 0 aliphatic carbocycles. The van der Waals surface area contributed by atoms with E-state index in [0.29, 0.717) is 45.2 Å². The van der Waals surface area contributed by atoms with Crippen LogP contribution in [0, 0.1) is 5.82 Å². The van der Waals surface area contributed by atoms with Gasteiger partial charge in [-0.2, -0.15) is 5.10 Å². The number of nitrogens with one attached hydrogen (secondary N) is 1. The Morgan fingerprint density at radius 3 is 2.48 bits per heavy atom. The highest BCUT2D eigenvalue weighted by Crippen LogP contribution is 2.44. The van der Waals surface area contributed by atoms with Gasteiger partial charge in [-0.05, 0) is 66.2 Å². The number of aromatic nitrogens is 6. The van der Waals surface area contributed by atoms with Crippen LogP contribution >= 0.6 is 0 Å². The molecule has 3 aromatic carbocycles. The minimum Gasteiger partial charge on any atom is -0.438 e. The molecule has 13 heteroatoms. The van der Waals surface area contributed by atoms with Crippen molar-refractivity contribution in [2.24, 2.45) is 14.1 Å². The van der Waals surface area contributed by atoms with Crippen molar-refractivity contribution in [1.82, 2.24) is 29.1 Å². The van der Waals surface area contributed by atoms with Gasteiger partial charge >= 0.3 is 0 Å². The van der Waals surface area contributed by atoms with Crippen LogP contribution in [0.1, 0.15) is 10.4 Å². The number of furan rings is 1. The maximum atomic E-state index is 13.4. The fraction of sp³-hybridized carbons (Fsp3) is 0.0606. The Morgan fingerprint density at radius 1 is 0.978 bits per heavy atom. The van der Waals surface area contributed by atoms with E-state index in [4.69, 9.17) is 14.9 Å². The predicted molar refractivity (Wildman–Crippen MR) is 169 cm³/mol. The lowest BCUT2D eigenvalue weighted by atomic mass is 10.0. The lowest BCUT2D eigenvalue weighted by molar-refractivity contribution is 0.102. The zero-order chi connectivity index (χ0) is 31.9. The van der Waals surface area contributed by atoms with Crippen LogP contribution in [0.15, 0.2) is 107 Å². The van der Waals surface area contributed by atoms with Crippen LogP contribution in [0.3, 0.4) is 0 Å². The van der Waals surface area contributed by atoms with Crippen LogP contribution < -0.4 is 21.3 Å². The molecule has 12 nitrogen and oxygen atoms in total. The Balaban J connectivity index is 1.18. The third-order valence-electron chi connectivity index (χ3n) is 7.29. The van der Waals surface area contributed by atoms with Crippen LogP contribution in [0.2, 0.25) is 0 Å². The minimum atomic E-state index is -0.597. The first-order valence-corrected chi connectivity index (χ1v) is 14.0. The number of halogens is 1. The number of aryl methyl sites for hydroxylation is 2. The summed E-state index contributed by atoms with van der Waals surface area (Å²) in [7, 11) is 3.44. The van der Waals surface area contributed by atoms with Crippen LogP contribution in [-0.2, 0) is 14.1 Å². The van der Waals surface area contributed by atoms with Gasteiger partial charge in [0.1, 0.15) is 34.6 Å². The molecule has 0 unspecified atom stereocenters. The number of nitrogens with two attached hydrogens (primary N) is 1. The van der Waals surface area contributed by atoms with Gasteiger partial charge in [0.05, 0.1) is 17.4 Å². The number of carbonyl (C=O) groups excluding carboxylic acids is 1. The molecule has 0 aliphatic heterocycles. The topological polar surface area (TPSA) is 148 Å². The molecule has 0 radical (unpaired) electrons. The van der Waals surface area contributed by atoms with Gasteiger partial charge in [0, 0.05) is 43.4 Å². The van der Waals surface area contributed by atoms with Crippen molar-refractivity contribution in [3.63, 3.8) is 0 Å². The highest BCUT2D eigenvalue weighted by Gasteiger charge is 2.24. The molecule has 0 fully saturated rings. The summed E-state index contributed by atoms with van der Waals surface area (Å²) in [5.74, 6) is 0.196. The number of nitrogens with zero attached hydrogens (tertiary/aromatic N) is 6. The first-order chi connectivity index (χ1) is 22.2. The molecule has 4 heterocycles. The molecule has 0 saturated heterocycles. The molecule has 0 bridgehead atoms. The number of nitrogen functional groups attached to an aromatic ring is 1. The maximum Gasteiger partial charge on any atom is 0.284 e. The number of rotatable bonds is 7. The summed E-state index contributed by atoms with van der Waals surface area (Å²) in [5, 5.41) is 7.57. The Labute approximate surface area is 260 Å². The molecule has 228 valence electrons. The van der Waals surface area contributed by atoms with Crippen molar-refractivity contribution in [1.29, 1.82) is 0 Å². The van der Waals surface area contributed by atoms with Crippen LogP contribution in [0.5, 0.6) is 11.6 Å². The Hall–Kier alpha value is -6.50. The smallest absolute Gasteiger partial charge is 0.284 e. The summed E-state index contributed by atoms with van der Waals surface area (Å²) in [5.41, 5.74) is 9.49. The van der Waals surface area contributed by atoms with Gasteiger partial charge in [-0.15, -0.1) is 0 Å². The molecule has 1 amide bonds. The fourth-order valence-electron chi connectivity index (χ4n) is 5.21. The standard InChI is InChI=1S/C33H25FN8O4/c1-40-16-20(15-38-40)29-27(19-4-3-5-22(35)14-19)28-31(36-18-37-32(28)46-29)45-25-12-8-23(9-13-25)39-30(43)26-17-41(2)42(33(26)44)24-10-6-21(34)7-11-24/h3-18H,35H2,1-2H3,(H,39,43). The highest BCUT2D eigenvalue weighted by atomic mass is 19.1.